The summed E-state index contributed by atoms with van der Waals surface area (Å²) in [5.74, 6) is 0.393. The molecule has 0 aliphatic rings. The molecule has 1 aromatic carbocycles. The summed E-state index contributed by atoms with van der Waals surface area (Å²) in [6.07, 6.45) is 1.86. The van der Waals surface area contributed by atoms with Gasteiger partial charge in [0.05, 0.1) is 21.2 Å². The zero-order valence-electron chi connectivity index (χ0n) is 10.1. The average Bonchev–Trinajstić information content (AvgIpc) is 2.96. The van der Waals surface area contributed by atoms with Crippen LogP contribution in [0.2, 0.25) is 0 Å². The van der Waals surface area contributed by atoms with Crippen LogP contribution in [0.15, 0.2) is 16.6 Å². The lowest BCUT2D eigenvalue weighted by atomic mass is 10.2. The van der Waals surface area contributed by atoms with E-state index in [4.69, 9.17) is 0 Å². The highest BCUT2D eigenvalue weighted by Crippen LogP contribution is 2.28. The van der Waals surface area contributed by atoms with Crippen LogP contribution < -0.4 is 0 Å². The molecule has 3 rings (SSSR count). The molecule has 0 radical (unpaired) electrons. The molecule has 0 amide bonds. The van der Waals surface area contributed by atoms with Crippen molar-refractivity contribution in [1.82, 2.24) is 19.6 Å². The molecule has 4 nitrogen and oxygen atoms in total. The smallest absolute Gasteiger partial charge is 0.152 e. The van der Waals surface area contributed by atoms with Crippen LogP contribution in [0.25, 0.3) is 21.7 Å². The van der Waals surface area contributed by atoms with E-state index in [1.807, 2.05) is 0 Å². The number of halogens is 2. The SMILES string of the molecule is CCCc1nnsc1-c1nc2cc(Br)c(F)cc2[nH]1. The van der Waals surface area contributed by atoms with Crippen molar-refractivity contribution in [2.45, 2.75) is 19.8 Å². The number of aromatic nitrogens is 4. The van der Waals surface area contributed by atoms with Gasteiger partial charge in [-0.05, 0) is 39.9 Å². The molecule has 3 aromatic rings. The second-order valence-electron chi connectivity index (χ2n) is 4.17. The molecular weight excluding hydrogens is 331 g/mol. The number of nitrogens with zero attached hydrogens (tertiary/aromatic N) is 3. The first-order valence-electron chi connectivity index (χ1n) is 5.85. The van der Waals surface area contributed by atoms with Crippen LogP contribution in [0.5, 0.6) is 0 Å². The van der Waals surface area contributed by atoms with E-state index < -0.39 is 0 Å². The fourth-order valence-corrected chi connectivity index (χ4v) is 2.89. The van der Waals surface area contributed by atoms with E-state index in [-0.39, 0.29) is 5.82 Å². The minimum Gasteiger partial charge on any atom is -0.337 e. The number of benzene rings is 1. The number of nitrogens with one attached hydrogen (secondary N) is 1. The Morgan fingerprint density at radius 3 is 3.05 bits per heavy atom. The maximum absolute atomic E-state index is 13.5. The maximum atomic E-state index is 13.5. The van der Waals surface area contributed by atoms with Crippen LogP contribution in [0, 0.1) is 5.82 Å². The molecule has 0 aliphatic heterocycles. The number of aromatic amines is 1. The Labute approximate surface area is 121 Å². The van der Waals surface area contributed by atoms with Gasteiger partial charge in [0.2, 0.25) is 0 Å². The largest absolute Gasteiger partial charge is 0.337 e. The van der Waals surface area contributed by atoms with Gasteiger partial charge in [-0.3, -0.25) is 0 Å². The zero-order valence-corrected chi connectivity index (χ0v) is 12.5. The molecule has 0 aliphatic carbocycles. The maximum Gasteiger partial charge on any atom is 0.152 e. The molecule has 2 aromatic heterocycles. The van der Waals surface area contributed by atoms with Crippen LogP contribution >= 0.6 is 27.5 Å². The molecule has 98 valence electrons. The van der Waals surface area contributed by atoms with Crippen molar-refractivity contribution in [1.29, 1.82) is 0 Å². The molecule has 7 heteroatoms. The molecule has 1 N–H and O–H groups in total. The van der Waals surface area contributed by atoms with Crippen LogP contribution in [0.4, 0.5) is 4.39 Å². The van der Waals surface area contributed by atoms with Gasteiger partial charge < -0.3 is 4.98 Å². The summed E-state index contributed by atoms with van der Waals surface area (Å²) in [6.45, 7) is 2.09. The summed E-state index contributed by atoms with van der Waals surface area (Å²) in [4.78, 5) is 8.53. The summed E-state index contributed by atoms with van der Waals surface area (Å²) in [5.41, 5.74) is 2.33. The van der Waals surface area contributed by atoms with Gasteiger partial charge in [0.15, 0.2) is 5.82 Å². The fourth-order valence-electron chi connectivity index (χ4n) is 1.90. The van der Waals surface area contributed by atoms with Gasteiger partial charge in [0.25, 0.3) is 0 Å². The van der Waals surface area contributed by atoms with E-state index in [0.29, 0.717) is 15.8 Å². The second kappa shape index (κ2) is 4.97. The summed E-state index contributed by atoms with van der Waals surface area (Å²) in [6, 6.07) is 3.10. The number of hydrogen-bond donors (Lipinski definition) is 1. The molecule has 0 fully saturated rings. The lowest BCUT2D eigenvalue weighted by molar-refractivity contribution is 0.623. The Morgan fingerprint density at radius 2 is 2.26 bits per heavy atom. The Bertz CT molecular complexity index is 697. The molecule has 2 heterocycles. The number of H-pyrrole nitrogens is 1. The van der Waals surface area contributed by atoms with Crippen LogP contribution in [0.3, 0.4) is 0 Å². The minimum atomic E-state index is -0.307. The topological polar surface area (TPSA) is 54.5 Å². The molecule has 0 spiro atoms. The molecule has 0 saturated carbocycles. The third-order valence-electron chi connectivity index (χ3n) is 2.78. The van der Waals surface area contributed by atoms with Crippen molar-refractivity contribution >= 4 is 38.5 Å². The van der Waals surface area contributed by atoms with Gasteiger partial charge >= 0.3 is 0 Å². The highest BCUT2D eigenvalue weighted by atomic mass is 79.9. The summed E-state index contributed by atoms with van der Waals surface area (Å²) in [7, 11) is 0. The fraction of sp³-hybridized carbons (Fsp3) is 0.250. The first-order valence-corrected chi connectivity index (χ1v) is 7.42. The van der Waals surface area contributed by atoms with Crippen molar-refractivity contribution in [3.63, 3.8) is 0 Å². The highest BCUT2D eigenvalue weighted by molar-refractivity contribution is 9.10. The van der Waals surface area contributed by atoms with Crippen molar-refractivity contribution < 1.29 is 4.39 Å². The van der Waals surface area contributed by atoms with Gasteiger partial charge in [-0.1, -0.05) is 17.8 Å². The van der Waals surface area contributed by atoms with Gasteiger partial charge in [-0.2, -0.15) is 0 Å². The van der Waals surface area contributed by atoms with Gasteiger partial charge in [0.1, 0.15) is 10.7 Å². The first kappa shape index (κ1) is 12.7. The van der Waals surface area contributed by atoms with Crippen LogP contribution in [-0.4, -0.2) is 19.6 Å². The van der Waals surface area contributed by atoms with Crippen LogP contribution in [-0.2, 0) is 6.42 Å². The monoisotopic (exact) mass is 340 g/mol. The Morgan fingerprint density at radius 1 is 1.42 bits per heavy atom. The third kappa shape index (κ3) is 2.28. The predicted octanol–water partition coefficient (Wildman–Crippen LogP) is 3.94. The van der Waals surface area contributed by atoms with E-state index in [2.05, 4.69) is 42.4 Å². The number of hydrogen-bond acceptors (Lipinski definition) is 4. The van der Waals surface area contributed by atoms with Gasteiger partial charge in [0, 0.05) is 6.07 Å². The Balaban J connectivity index is 2.12. The summed E-state index contributed by atoms with van der Waals surface area (Å²) < 4.78 is 17.9. The second-order valence-corrected chi connectivity index (χ2v) is 5.78. The van der Waals surface area contributed by atoms with E-state index in [1.54, 1.807) is 6.07 Å². The molecule has 0 unspecified atom stereocenters. The van der Waals surface area contributed by atoms with Gasteiger partial charge in [-0.25, -0.2) is 9.37 Å². The average molecular weight is 341 g/mol. The number of fused-ring (bicyclic) bond motifs is 1. The van der Waals surface area contributed by atoms with Crippen molar-refractivity contribution in [3.8, 4) is 10.7 Å². The van der Waals surface area contributed by atoms with Crippen molar-refractivity contribution in [2.75, 3.05) is 0 Å². The number of aryl methyl sites for hydroxylation is 1. The first-order chi connectivity index (χ1) is 9.19. The molecule has 19 heavy (non-hydrogen) atoms. The quantitative estimate of drug-likeness (QED) is 0.785. The summed E-state index contributed by atoms with van der Waals surface area (Å²) in [5, 5.41) is 4.11. The molecule has 0 bridgehead atoms. The zero-order chi connectivity index (χ0) is 13.4. The molecular formula is C12H10BrFN4S. The standard InChI is InChI=1S/C12H10BrFN4S/c1-2-3-8-11(19-18-17-8)12-15-9-4-6(13)7(14)5-10(9)16-12/h4-5H,2-3H2,1H3,(H,15,16). The predicted molar refractivity (Wildman–Crippen MR) is 76.6 cm³/mol. The van der Waals surface area contributed by atoms with Gasteiger partial charge in [-0.15, -0.1) is 5.10 Å². The van der Waals surface area contributed by atoms with E-state index in [0.717, 1.165) is 28.9 Å². The van der Waals surface area contributed by atoms with Crippen LogP contribution in [0.1, 0.15) is 19.0 Å². The third-order valence-corrected chi connectivity index (χ3v) is 4.16. The van der Waals surface area contributed by atoms with E-state index in [9.17, 15) is 4.39 Å². The molecule has 0 atom stereocenters. The normalized spacial score (nSPS) is 11.3. The number of rotatable bonds is 3. The lowest BCUT2D eigenvalue weighted by Gasteiger charge is -1.94. The highest BCUT2D eigenvalue weighted by Gasteiger charge is 2.14. The van der Waals surface area contributed by atoms with E-state index in [1.165, 1.54) is 17.6 Å². The Hall–Kier alpha value is -1.34. The number of imidazole rings is 1. The van der Waals surface area contributed by atoms with E-state index >= 15 is 0 Å². The van der Waals surface area contributed by atoms with Crippen molar-refractivity contribution in [3.05, 3.63) is 28.1 Å². The summed E-state index contributed by atoms with van der Waals surface area (Å²) >= 11 is 4.47. The Kier molecular flexibility index (Phi) is 3.32. The van der Waals surface area contributed by atoms with Crippen molar-refractivity contribution in [2.24, 2.45) is 0 Å². The minimum absolute atomic E-state index is 0.307. The lowest BCUT2D eigenvalue weighted by Crippen LogP contribution is -1.88. The molecule has 0 saturated heterocycles.